The van der Waals surface area contributed by atoms with Crippen LogP contribution in [0.2, 0.25) is 0 Å². The van der Waals surface area contributed by atoms with Crippen LogP contribution in [0.1, 0.15) is 6.23 Å². The second-order valence-corrected chi connectivity index (χ2v) is 15.7. The van der Waals surface area contributed by atoms with Crippen molar-refractivity contribution in [3.63, 3.8) is 0 Å². The molecule has 0 saturated carbocycles. The highest BCUT2D eigenvalue weighted by atomic mass is 32.7. The van der Waals surface area contributed by atoms with Crippen LogP contribution in [0.15, 0.2) is 16.3 Å². The molecule has 5 aliphatic rings. The zero-order valence-electron chi connectivity index (χ0n) is 22.1. The number of alkyl halides is 2. The number of amides is 1. The van der Waals surface area contributed by atoms with E-state index in [-0.39, 0.29) is 22.8 Å². The number of nitrogen functional groups attached to an aromatic ring is 1. The number of nitrogens with one attached hydrogen (secondary N) is 2. The number of nitrogens with two attached hydrogens (primary N) is 1. The van der Waals surface area contributed by atoms with Crippen molar-refractivity contribution in [1.29, 1.82) is 5.41 Å². The molecule has 5 N–H and O–H groups in total. The maximum absolute atomic E-state index is 15.9. The van der Waals surface area contributed by atoms with Crippen molar-refractivity contribution in [2.45, 2.75) is 55.3 Å². The van der Waals surface area contributed by atoms with Crippen LogP contribution in [-0.4, -0.2) is 121 Å². The van der Waals surface area contributed by atoms with Crippen LogP contribution in [0, 0.1) is 5.41 Å². The summed E-state index contributed by atoms with van der Waals surface area (Å²) in [7, 11) is 0. The molecule has 11 atom stereocenters. The fourth-order valence-electron chi connectivity index (χ4n) is 5.21. The molecule has 2 aromatic heterocycles. The van der Waals surface area contributed by atoms with Gasteiger partial charge in [0.2, 0.25) is 5.96 Å². The Labute approximate surface area is 260 Å². The molecular formula is C19H21F2N11O9P2S2. The van der Waals surface area contributed by atoms with Gasteiger partial charge < -0.3 is 24.6 Å². The van der Waals surface area contributed by atoms with E-state index in [1.54, 1.807) is 0 Å². The van der Waals surface area contributed by atoms with Gasteiger partial charge in [-0.3, -0.25) is 39.0 Å². The number of anilines is 1. The third-order valence-electron chi connectivity index (χ3n) is 7.22. The first-order valence-electron chi connectivity index (χ1n) is 12.8. The summed E-state index contributed by atoms with van der Waals surface area (Å²) in [5, 5.41) is 17.7. The summed E-state index contributed by atoms with van der Waals surface area (Å²) < 4.78 is 79.5. The average molecular weight is 712 g/mol. The third kappa shape index (κ3) is 5.56. The number of carbonyl (C=O) groups is 1. The second-order valence-electron chi connectivity index (χ2n) is 10.0. The maximum atomic E-state index is 15.9. The molecule has 1 amide bonds. The molecule has 3 saturated heterocycles. The van der Waals surface area contributed by atoms with E-state index in [0.717, 1.165) is 22.2 Å². The second kappa shape index (κ2) is 11.3. The van der Waals surface area contributed by atoms with Crippen LogP contribution in [0.5, 0.6) is 0 Å². The van der Waals surface area contributed by atoms with E-state index in [1.165, 1.54) is 0 Å². The maximum Gasteiger partial charge on any atom is 0.386 e. The first-order chi connectivity index (χ1) is 21.3. The first kappa shape index (κ1) is 31.0. The molecule has 3 fully saturated rings. The van der Waals surface area contributed by atoms with E-state index in [1.807, 2.05) is 0 Å². The molecule has 20 nitrogen and oxygen atoms in total. The van der Waals surface area contributed by atoms with E-state index in [4.69, 9.17) is 50.5 Å². The van der Waals surface area contributed by atoms with Crippen molar-refractivity contribution >= 4 is 78.6 Å². The monoisotopic (exact) mass is 711 g/mol. The van der Waals surface area contributed by atoms with Gasteiger partial charge in [0.25, 0.3) is 5.91 Å². The number of aromatic nitrogens is 5. The van der Waals surface area contributed by atoms with Gasteiger partial charge in [0, 0.05) is 0 Å². The van der Waals surface area contributed by atoms with Crippen molar-refractivity contribution in [1.82, 2.24) is 35.2 Å². The van der Waals surface area contributed by atoms with Gasteiger partial charge in [-0.15, -0.1) is 5.10 Å². The van der Waals surface area contributed by atoms with Crippen molar-refractivity contribution in [2.75, 3.05) is 18.9 Å². The van der Waals surface area contributed by atoms with Gasteiger partial charge in [-0.05, 0) is 11.8 Å². The number of hydrogen-bond donors (Lipinski definition) is 5. The Hall–Kier alpha value is -2.63. The molecular weight excluding hydrogens is 690 g/mol. The van der Waals surface area contributed by atoms with E-state index in [2.05, 4.69) is 47.8 Å². The van der Waals surface area contributed by atoms with Gasteiger partial charge in [0.15, 0.2) is 53.7 Å². The summed E-state index contributed by atoms with van der Waals surface area (Å²) in [6, 6.07) is -1.17. The van der Waals surface area contributed by atoms with Crippen LogP contribution >= 0.6 is 25.8 Å². The van der Waals surface area contributed by atoms with Crippen molar-refractivity contribution < 1.29 is 50.6 Å². The largest absolute Gasteiger partial charge is 0.386 e. The molecule has 26 heteroatoms. The molecule has 7 rings (SSSR count). The van der Waals surface area contributed by atoms with Crippen LogP contribution < -0.4 is 11.1 Å². The summed E-state index contributed by atoms with van der Waals surface area (Å²) >= 11 is 9.07. The summed E-state index contributed by atoms with van der Waals surface area (Å²) in [5.41, 5.74) is 5.88. The normalized spacial score (nSPS) is 42.0. The Balaban J connectivity index is 1.17. The lowest BCUT2D eigenvalue weighted by Crippen LogP contribution is -2.53. The van der Waals surface area contributed by atoms with Gasteiger partial charge in [-0.25, -0.2) is 23.3 Å². The highest BCUT2D eigenvalue weighted by Crippen LogP contribution is 2.58. The molecule has 2 aromatic rings. The summed E-state index contributed by atoms with van der Waals surface area (Å²) in [5.74, 6) is -1.27. The number of carbonyl (C=O) groups excluding carboxylic acids is 1. The zero-order valence-corrected chi connectivity index (χ0v) is 25.6. The predicted molar refractivity (Wildman–Crippen MR) is 152 cm³/mol. The molecule has 2 bridgehead atoms. The SMILES string of the molecule is N=C1N=C2C(N=CN2[C@@H]2O[C@@H]3COP(O)(=S)O[C@H]4[C@H](F)[C@H](n5nnc6c(N)ncnc65)O[C@@H]4COP(=O)(S)O[C@@H]2[C@H]3F)C(=O)N1. The number of aliphatic imine (C=N–C) groups is 2. The lowest BCUT2D eigenvalue weighted by molar-refractivity contribution is -0.119. The van der Waals surface area contributed by atoms with Gasteiger partial charge in [-0.1, -0.05) is 17.5 Å². The minimum atomic E-state index is -4.51. The molecule has 3 unspecified atom stereocenters. The Morgan fingerprint density at radius 2 is 1.89 bits per heavy atom. The molecule has 7 heterocycles. The highest BCUT2D eigenvalue weighted by molar-refractivity contribution is 8.44. The Bertz CT molecular complexity index is 1740. The minimum Gasteiger partial charge on any atom is -0.382 e. The third-order valence-corrected chi connectivity index (χ3v) is 10.4. The lowest BCUT2D eigenvalue weighted by Gasteiger charge is -2.31. The number of hydrogen-bond acceptors (Lipinski definition) is 17. The number of guanidine groups is 1. The van der Waals surface area contributed by atoms with Gasteiger partial charge >= 0.3 is 13.5 Å². The Morgan fingerprint density at radius 3 is 2.69 bits per heavy atom. The van der Waals surface area contributed by atoms with Gasteiger partial charge in [-0.2, -0.15) is 9.67 Å². The number of amidine groups is 1. The number of nitrogens with zero attached hydrogens (tertiary/aromatic N) is 8. The summed E-state index contributed by atoms with van der Waals surface area (Å²) in [6.45, 7) is -10.3. The van der Waals surface area contributed by atoms with Crippen molar-refractivity contribution in [3.8, 4) is 0 Å². The van der Waals surface area contributed by atoms with E-state index in [9.17, 15) is 14.3 Å². The Kier molecular flexibility index (Phi) is 7.76. The molecule has 0 aliphatic carbocycles. The van der Waals surface area contributed by atoms with Crippen LogP contribution in [0.3, 0.4) is 0 Å². The van der Waals surface area contributed by atoms with Gasteiger partial charge in [0.05, 0.1) is 19.6 Å². The molecule has 0 radical (unpaired) electrons. The smallest absolute Gasteiger partial charge is 0.382 e. The molecule has 45 heavy (non-hydrogen) atoms. The number of halogens is 2. The van der Waals surface area contributed by atoms with E-state index < -0.39 is 93.9 Å². The first-order valence-corrected chi connectivity index (χ1v) is 18.1. The summed E-state index contributed by atoms with van der Waals surface area (Å²) in [4.78, 5) is 40.1. The fourth-order valence-corrected chi connectivity index (χ4v) is 8.09. The molecule has 242 valence electrons. The predicted octanol–water partition coefficient (Wildman–Crippen LogP) is -0.651. The van der Waals surface area contributed by atoms with Crippen molar-refractivity contribution in [2.24, 2.45) is 9.98 Å². The van der Waals surface area contributed by atoms with Crippen LogP contribution in [-0.2, 0) is 48.7 Å². The van der Waals surface area contributed by atoms with Crippen LogP contribution in [0.25, 0.3) is 11.2 Å². The molecule has 0 spiro atoms. The number of rotatable bonds is 2. The number of fused-ring (bicyclic) bond motifs is 5. The topological polar surface area (TPSA) is 256 Å². The van der Waals surface area contributed by atoms with E-state index >= 15 is 8.78 Å². The zero-order chi connectivity index (χ0) is 31.8. The summed E-state index contributed by atoms with van der Waals surface area (Å²) in [6.07, 6.45) is -11.4. The minimum absolute atomic E-state index is 0.0180. The van der Waals surface area contributed by atoms with Crippen LogP contribution in [0.4, 0.5) is 14.6 Å². The molecule has 0 aromatic carbocycles. The fraction of sp³-hybridized carbons (Fsp3) is 0.579. The lowest BCUT2D eigenvalue weighted by atomic mass is 10.1. The quantitative estimate of drug-likeness (QED) is 0.192. The standard InChI is InChI=1S/C19H21F2N11O9P2S2/c20-7-5-1-36-42(34,44)40-11-6(39-17(8(11)21)32-14-9(29-30-32)13(22)24-3-25-14)2-37-43(35,45)41-12(7)18(38-5)31-4-26-10-15(31)27-19(23)28-16(10)33/h3-8,10-12,17-18H,1-2H2,(H,34,44)(H,35,45)(H2,22,24,25)(H2,23,28,33)/t5-,6-,7+,8+,10?,11-,12-,17-,18-,42?,43?/m1/s1. The Morgan fingerprint density at radius 1 is 1.13 bits per heavy atom. The highest BCUT2D eigenvalue weighted by Gasteiger charge is 2.56. The van der Waals surface area contributed by atoms with Crippen molar-refractivity contribution in [3.05, 3.63) is 6.33 Å². The molecule has 5 aliphatic heterocycles. The number of ether oxygens (including phenoxy) is 2. The van der Waals surface area contributed by atoms with Gasteiger partial charge in [0.1, 0.15) is 30.7 Å². The average Bonchev–Trinajstić information content (AvgIpc) is 3.72. The van der Waals surface area contributed by atoms with E-state index in [0.29, 0.717) is 0 Å². The number of thiol groups is 1.